The van der Waals surface area contributed by atoms with Gasteiger partial charge in [0.1, 0.15) is 11.7 Å². The minimum Gasteiger partial charge on any atom is -0.481 e. The lowest BCUT2D eigenvalue weighted by Gasteiger charge is -2.58. The van der Waals surface area contributed by atoms with Crippen molar-refractivity contribution < 1.29 is 24.2 Å². The number of carbonyl (C=O) groups is 2. The standard InChI is InChI=1S/C32H42BrNO5/c1-19(2)27-11-23-12-30(17-35)26-10-5-20(3)25(26)13-31(23,32(27,30)29(36)37)18-38-28-16-34(14-21(4)39-28)15-22-6-8-24(33)9-7-22/h6-9,11,17,19-21,23,25-26,28H,5,10,12-16,18H2,1-4H3,(H,36,37)/t20-,21-,23+,25-,26-,28-,30+,31?,32+/m1/s1. The Morgan fingerprint density at radius 1 is 1.21 bits per heavy atom. The second-order valence-corrected chi connectivity index (χ2v) is 14.4. The molecule has 5 aliphatic rings. The molecule has 1 heterocycles. The first-order valence-electron chi connectivity index (χ1n) is 14.7. The number of benzene rings is 1. The van der Waals surface area contributed by atoms with Crippen molar-refractivity contribution in [3.05, 3.63) is 46.0 Å². The Bertz CT molecular complexity index is 1170. The molecule has 7 heteroatoms. The highest BCUT2D eigenvalue weighted by Gasteiger charge is 2.84. The summed E-state index contributed by atoms with van der Waals surface area (Å²) in [5.41, 5.74) is -0.500. The summed E-state index contributed by atoms with van der Waals surface area (Å²) < 4.78 is 14.0. The van der Waals surface area contributed by atoms with Gasteiger partial charge in [-0.3, -0.25) is 9.69 Å². The molecule has 4 fully saturated rings. The molecule has 1 N–H and O–H groups in total. The number of aldehydes is 1. The second kappa shape index (κ2) is 9.78. The van der Waals surface area contributed by atoms with Crippen LogP contribution in [0.3, 0.4) is 0 Å². The maximum Gasteiger partial charge on any atom is 0.315 e. The third-order valence-electron chi connectivity index (χ3n) is 11.3. The zero-order valence-electron chi connectivity index (χ0n) is 23.6. The fourth-order valence-corrected chi connectivity index (χ4v) is 10.2. The van der Waals surface area contributed by atoms with Gasteiger partial charge >= 0.3 is 5.97 Å². The molecule has 9 atom stereocenters. The van der Waals surface area contributed by atoms with E-state index in [-0.39, 0.29) is 23.9 Å². The smallest absolute Gasteiger partial charge is 0.315 e. The van der Waals surface area contributed by atoms with E-state index in [1.54, 1.807) is 0 Å². The summed E-state index contributed by atoms with van der Waals surface area (Å²) in [6, 6.07) is 8.38. The second-order valence-electron chi connectivity index (χ2n) is 13.5. The van der Waals surface area contributed by atoms with E-state index in [0.29, 0.717) is 31.4 Å². The van der Waals surface area contributed by atoms with Gasteiger partial charge in [-0.05, 0) is 73.5 Å². The predicted octanol–water partition coefficient (Wildman–Crippen LogP) is 5.94. The molecule has 4 bridgehead atoms. The van der Waals surface area contributed by atoms with E-state index in [4.69, 9.17) is 9.47 Å². The van der Waals surface area contributed by atoms with Crippen molar-refractivity contribution in [1.82, 2.24) is 4.90 Å². The summed E-state index contributed by atoms with van der Waals surface area (Å²) in [4.78, 5) is 29.2. The molecule has 6 rings (SSSR count). The van der Waals surface area contributed by atoms with Crippen molar-refractivity contribution >= 4 is 28.2 Å². The van der Waals surface area contributed by atoms with Gasteiger partial charge in [0.2, 0.25) is 0 Å². The van der Waals surface area contributed by atoms with Crippen LogP contribution < -0.4 is 0 Å². The molecule has 1 aromatic carbocycles. The summed E-state index contributed by atoms with van der Waals surface area (Å²) in [7, 11) is 0. The quantitative estimate of drug-likeness (QED) is 0.294. The molecule has 3 saturated carbocycles. The summed E-state index contributed by atoms with van der Waals surface area (Å²) in [5, 5.41) is 11.2. The summed E-state index contributed by atoms with van der Waals surface area (Å²) in [5.74, 6) is 0.255. The minimum atomic E-state index is -1.21. The van der Waals surface area contributed by atoms with Crippen molar-refractivity contribution in [1.29, 1.82) is 0 Å². The molecule has 6 nitrogen and oxygen atoms in total. The highest BCUT2D eigenvalue weighted by molar-refractivity contribution is 9.10. The Hall–Kier alpha value is -1.54. The normalized spacial score (nSPS) is 43.0. The van der Waals surface area contributed by atoms with Crippen molar-refractivity contribution in [3.63, 3.8) is 0 Å². The monoisotopic (exact) mass is 599 g/mol. The van der Waals surface area contributed by atoms with E-state index in [9.17, 15) is 14.7 Å². The van der Waals surface area contributed by atoms with Crippen molar-refractivity contribution in [2.24, 2.45) is 45.8 Å². The Kier molecular flexibility index (Phi) is 6.93. The third kappa shape index (κ3) is 3.82. The minimum absolute atomic E-state index is 0.00874. The number of carboxylic acids is 1. The number of aliphatic carboxylic acids is 1. The van der Waals surface area contributed by atoms with Crippen LogP contribution >= 0.6 is 15.9 Å². The molecule has 1 saturated heterocycles. The molecular formula is C32H42BrNO5. The van der Waals surface area contributed by atoms with Gasteiger partial charge in [0.15, 0.2) is 6.29 Å². The number of nitrogens with zero attached hydrogens (tertiary/aromatic N) is 1. The fourth-order valence-electron chi connectivity index (χ4n) is 9.94. The largest absolute Gasteiger partial charge is 0.481 e. The summed E-state index contributed by atoms with van der Waals surface area (Å²) in [6.07, 6.45) is 6.35. The average Bonchev–Trinajstić information content (AvgIpc) is 3.46. The number of carbonyl (C=O) groups excluding carboxylic acids is 1. The number of rotatable bonds is 8. The zero-order chi connectivity index (χ0) is 27.7. The number of hydrogen-bond donors (Lipinski definition) is 1. The van der Waals surface area contributed by atoms with Crippen LogP contribution in [0.25, 0.3) is 0 Å². The molecule has 1 unspecified atom stereocenters. The topological polar surface area (TPSA) is 76.1 Å². The van der Waals surface area contributed by atoms with Gasteiger partial charge in [-0.2, -0.15) is 0 Å². The van der Waals surface area contributed by atoms with E-state index < -0.39 is 28.5 Å². The van der Waals surface area contributed by atoms with Crippen LogP contribution in [0.2, 0.25) is 0 Å². The molecule has 39 heavy (non-hydrogen) atoms. The highest BCUT2D eigenvalue weighted by Crippen LogP contribution is 2.82. The van der Waals surface area contributed by atoms with Crippen molar-refractivity contribution in [2.45, 2.75) is 72.3 Å². The Balaban J connectivity index is 1.31. The third-order valence-corrected chi connectivity index (χ3v) is 11.8. The highest BCUT2D eigenvalue weighted by atomic mass is 79.9. The zero-order valence-corrected chi connectivity index (χ0v) is 25.2. The van der Waals surface area contributed by atoms with E-state index in [1.165, 1.54) is 5.56 Å². The first-order chi connectivity index (χ1) is 18.6. The Labute approximate surface area is 240 Å². The lowest BCUT2D eigenvalue weighted by molar-refractivity contribution is -0.237. The van der Waals surface area contributed by atoms with Crippen LogP contribution in [0.4, 0.5) is 0 Å². The molecule has 0 amide bonds. The van der Waals surface area contributed by atoms with E-state index in [2.05, 4.69) is 78.9 Å². The van der Waals surface area contributed by atoms with E-state index in [0.717, 1.165) is 48.7 Å². The molecule has 1 aliphatic heterocycles. The molecule has 0 spiro atoms. The van der Waals surface area contributed by atoms with Crippen LogP contribution in [0.15, 0.2) is 40.4 Å². The van der Waals surface area contributed by atoms with Gasteiger partial charge < -0.3 is 19.4 Å². The molecular weight excluding hydrogens is 558 g/mol. The van der Waals surface area contributed by atoms with Crippen LogP contribution in [0, 0.1) is 45.8 Å². The van der Waals surface area contributed by atoms with Crippen LogP contribution in [-0.2, 0) is 25.6 Å². The number of fused-ring (bicyclic) bond motifs is 2. The number of halogens is 1. The van der Waals surface area contributed by atoms with Crippen molar-refractivity contribution in [3.8, 4) is 0 Å². The van der Waals surface area contributed by atoms with E-state index in [1.807, 2.05) is 0 Å². The lowest BCUT2D eigenvalue weighted by atomic mass is 9.43. The lowest BCUT2D eigenvalue weighted by Crippen LogP contribution is -2.64. The predicted molar refractivity (Wildman–Crippen MR) is 152 cm³/mol. The van der Waals surface area contributed by atoms with E-state index >= 15 is 0 Å². The summed E-state index contributed by atoms with van der Waals surface area (Å²) in [6.45, 7) is 11.1. The first-order valence-corrected chi connectivity index (χ1v) is 15.5. The molecule has 4 aliphatic carbocycles. The van der Waals surface area contributed by atoms with Crippen molar-refractivity contribution in [2.75, 3.05) is 19.7 Å². The molecule has 0 aromatic heterocycles. The summed E-state index contributed by atoms with van der Waals surface area (Å²) >= 11 is 3.51. The molecule has 1 aromatic rings. The Morgan fingerprint density at radius 3 is 2.62 bits per heavy atom. The van der Waals surface area contributed by atoms with Gasteiger partial charge in [0.05, 0.1) is 18.1 Å². The van der Waals surface area contributed by atoms with Crippen LogP contribution in [0.1, 0.15) is 58.9 Å². The maximum atomic E-state index is 13.6. The number of morpholine rings is 1. The van der Waals surface area contributed by atoms with Crippen LogP contribution in [0.5, 0.6) is 0 Å². The van der Waals surface area contributed by atoms with Gasteiger partial charge in [-0.1, -0.05) is 66.9 Å². The number of carboxylic acid groups (broad SMARTS) is 1. The van der Waals surface area contributed by atoms with Crippen LogP contribution in [-0.4, -0.2) is 54.4 Å². The molecule has 212 valence electrons. The van der Waals surface area contributed by atoms with Gasteiger partial charge in [-0.15, -0.1) is 0 Å². The SMILES string of the molecule is CC(C)C1=C[C@H]2C[C@]3(C=O)[C@@H]4CC[C@@H](C)[C@H]4CC2(CO[C@H]2CN(Cc4ccc(Br)cc4)C[C@@H](C)O2)[C@]13C(=O)O. The first kappa shape index (κ1) is 27.6. The fraction of sp³-hybridized carbons (Fsp3) is 0.688. The number of ether oxygens (including phenoxy) is 2. The van der Waals surface area contributed by atoms with Gasteiger partial charge in [0.25, 0.3) is 0 Å². The molecule has 0 radical (unpaired) electrons. The average molecular weight is 601 g/mol. The number of hydrogen-bond acceptors (Lipinski definition) is 5. The maximum absolute atomic E-state index is 13.6. The Morgan fingerprint density at radius 2 is 1.95 bits per heavy atom. The van der Waals surface area contributed by atoms with Gasteiger partial charge in [-0.25, -0.2) is 0 Å². The number of allylic oxidation sites excluding steroid dienone is 1. The van der Waals surface area contributed by atoms with Gasteiger partial charge in [0, 0.05) is 29.5 Å².